The Morgan fingerprint density at radius 2 is 1.69 bits per heavy atom. The molecule has 29 heavy (non-hydrogen) atoms. The van der Waals surface area contributed by atoms with Crippen LogP contribution in [0, 0.1) is 23.1 Å². The highest BCUT2D eigenvalue weighted by molar-refractivity contribution is 5.34. The number of nitrogens with zero attached hydrogens (tertiary/aromatic N) is 2. The van der Waals surface area contributed by atoms with Crippen LogP contribution in [0.5, 0.6) is 0 Å². The van der Waals surface area contributed by atoms with Gasteiger partial charge in [-0.25, -0.2) is 4.39 Å². The van der Waals surface area contributed by atoms with E-state index in [1.54, 1.807) is 0 Å². The molecule has 3 heteroatoms. The summed E-state index contributed by atoms with van der Waals surface area (Å²) in [7, 11) is 2.16. The number of rotatable bonds is 9. The minimum Gasteiger partial charge on any atom is -0.306 e. The lowest BCUT2D eigenvalue weighted by molar-refractivity contribution is 0.224. The molecule has 0 aliphatic heterocycles. The second-order valence-electron chi connectivity index (χ2n) is 8.57. The predicted molar refractivity (Wildman–Crippen MR) is 117 cm³/mol. The molecule has 1 aliphatic rings. The van der Waals surface area contributed by atoms with Crippen LogP contribution in [0.3, 0.4) is 0 Å². The third kappa shape index (κ3) is 5.67. The van der Waals surface area contributed by atoms with E-state index in [-0.39, 0.29) is 5.82 Å². The van der Waals surface area contributed by atoms with Crippen molar-refractivity contribution in [3.05, 3.63) is 71.5 Å². The van der Waals surface area contributed by atoms with Gasteiger partial charge in [0.15, 0.2) is 0 Å². The summed E-state index contributed by atoms with van der Waals surface area (Å²) in [4.78, 5) is 2.36. The SMILES string of the molecule is CN(CCCC(C#N)(c1ccc(F)cc1)C1CCCCC1)CCc1ccccc1. The first-order valence-corrected chi connectivity index (χ1v) is 11.0. The van der Waals surface area contributed by atoms with Crippen LogP contribution in [-0.2, 0) is 11.8 Å². The van der Waals surface area contributed by atoms with Gasteiger partial charge in [0.1, 0.15) is 5.82 Å². The number of hydrogen-bond acceptors (Lipinski definition) is 2. The van der Waals surface area contributed by atoms with Gasteiger partial charge in [-0.05, 0) is 74.9 Å². The Morgan fingerprint density at radius 3 is 2.34 bits per heavy atom. The standard InChI is InChI=1S/C26H33FN2/c1-29(20-17-22-9-4-2-5-10-22)19-8-18-26(21-28,23-11-6-3-7-12-23)24-13-15-25(27)16-14-24/h2,4-5,9-10,13-16,23H,3,6-8,11-12,17-20H2,1H3. The number of likely N-dealkylation sites (N-methyl/N-ethyl adjacent to an activating group) is 1. The molecule has 1 aliphatic carbocycles. The molecule has 0 amide bonds. The number of benzene rings is 2. The molecule has 3 rings (SSSR count). The largest absolute Gasteiger partial charge is 0.306 e. The van der Waals surface area contributed by atoms with Gasteiger partial charge in [0, 0.05) is 6.54 Å². The second-order valence-corrected chi connectivity index (χ2v) is 8.57. The molecule has 0 aromatic heterocycles. The molecule has 0 bridgehead atoms. The van der Waals surface area contributed by atoms with Crippen LogP contribution < -0.4 is 0 Å². The van der Waals surface area contributed by atoms with E-state index in [1.807, 2.05) is 12.1 Å². The lowest BCUT2D eigenvalue weighted by Gasteiger charge is -2.38. The van der Waals surface area contributed by atoms with Gasteiger partial charge < -0.3 is 4.90 Å². The van der Waals surface area contributed by atoms with Crippen molar-refractivity contribution in [3.8, 4) is 6.07 Å². The van der Waals surface area contributed by atoms with Crippen molar-refractivity contribution >= 4 is 0 Å². The molecule has 2 aromatic rings. The minimum absolute atomic E-state index is 0.232. The van der Waals surface area contributed by atoms with Crippen molar-refractivity contribution in [2.24, 2.45) is 5.92 Å². The van der Waals surface area contributed by atoms with Crippen LogP contribution in [0.4, 0.5) is 4.39 Å². The van der Waals surface area contributed by atoms with Gasteiger partial charge in [-0.2, -0.15) is 5.26 Å². The zero-order valence-electron chi connectivity index (χ0n) is 17.6. The molecular weight excluding hydrogens is 359 g/mol. The van der Waals surface area contributed by atoms with E-state index in [0.29, 0.717) is 5.92 Å². The van der Waals surface area contributed by atoms with Crippen LogP contribution in [0.15, 0.2) is 54.6 Å². The van der Waals surface area contributed by atoms with Crippen molar-refractivity contribution < 1.29 is 4.39 Å². The summed E-state index contributed by atoms with van der Waals surface area (Å²) < 4.78 is 13.5. The first-order valence-electron chi connectivity index (χ1n) is 11.0. The van der Waals surface area contributed by atoms with Gasteiger partial charge in [-0.1, -0.05) is 61.7 Å². The summed E-state index contributed by atoms with van der Waals surface area (Å²) in [6, 6.07) is 20.0. The Morgan fingerprint density at radius 1 is 1.00 bits per heavy atom. The van der Waals surface area contributed by atoms with Crippen molar-refractivity contribution in [3.63, 3.8) is 0 Å². The lowest BCUT2D eigenvalue weighted by Crippen LogP contribution is -2.36. The summed E-state index contributed by atoms with van der Waals surface area (Å²) in [5, 5.41) is 10.3. The highest BCUT2D eigenvalue weighted by Crippen LogP contribution is 2.44. The van der Waals surface area contributed by atoms with Crippen LogP contribution in [-0.4, -0.2) is 25.0 Å². The highest BCUT2D eigenvalue weighted by atomic mass is 19.1. The first-order chi connectivity index (χ1) is 14.1. The zero-order valence-corrected chi connectivity index (χ0v) is 17.6. The fourth-order valence-electron chi connectivity index (χ4n) is 4.84. The smallest absolute Gasteiger partial charge is 0.123 e. The van der Waals surface area contributed by atoms with Gasteiger partial charge in [0.05, 0.1) is 11.5 Å². The Hall–Kier alpha value is -2.18. The molecule has 2 aromatic carbocycles. The van der Waals surface area contributed by atoms with Gasteiger partial charge in [0.25, 0.3) is 0 Å². The lowest BCUT2D eigenvalue weighted by atomic mass is 9.63. The van der Waals surface area contributed by atoms with E-state index in [0.717, 1.165) is 50.8 Å². The van der Waals surface area contributed by atoms with E-state index in [4.69, 9.17) is 0 Å². The summed E-state index contributed by atoms with van der Waals surface area (Å²) in [6.45, 7) is 1.99. The maximum atomic E-state index is 13.5. The summed E-state index contributed by atoms with van der Waals surface area (Å²) in [5.41, 5.74) is 1.87. The van der Waals surface area contributed by atoms with Crippen LogP contribution >= 0.6 is 0 Å². The Balaban J connectivity index is 1.63. The zero-order chi connectivity index (χ0) is 20.5. The summed E-state index contributed by atoms with van der Waals surface area (Å²) >= 11 is 0. The molecule has 0 radical (unpaired) electrons. The Bertz CT molecular complexity index is 775. The topological polar surface area (TPSA) is 27.0 Å². The third-order valence-corrected chi connectivity index (χ3v) is 6.60. The van der Waals surface area contributed by atoms with Crippen LogP contribution in [0.1, 0.15) is 56.1 Å². The van der Waals surface area contributed by atoms with Crippen molar-refractivity contribution in [2.45, 2.75) is 56.8 Å². The van der Waals surface area contributed by atoms with E-state index in [2.05, 4.69) is 48.3 Å². The first kappa shape index (κ1) is 21.5. The van der Waals surface area contributed by atoms with Crippen molar-refractivity contribution in [1.29, 1.82) is 5.26 Å². The van der Waals surface area contributed by atoms with Gasteiger partial charge in [0.2, 0.25) is 0 Å². The predicted octanol–water partition coefficient (Wildman–Crippen LogP) is 6.12. The maximum Gasteiger partial charge on any atom is 0.123 e. The Kier molecular flexibility index (Phi) is 7.83. The maximum absolute atomic E-state index is 13.5. The van der Waals surface area contributed by atoms with Gasteiger partial charge >= 0.3 is 0 Å². The highest BCUT2D eigenvalue weighted by Gasteiger charge is 2.40. The molecule has 1 saturated carbocycles. The molecular formula is C26H33FN2. The molecule has 2 nitrogen and oxygen atoms in total. The molecule has 0 N–H and O–H groups in total. The summed E-state index contributed by atoms with van der Waals surface area (Å²) in [6.07, 6.45) is 8.75. The number of halogens is 1. The van der Waals surface area contributed by atoms with E-state index >= 15 is 0 Å². The van der Waals surface area contributed by atoms with Crippen LogP contribution in [0.2, 0.25) is 0 Å². The minimum atomic E-state index is -0.492. The van der Waals surface area contributed by atoms with Gasteiger partial charge in [-0.15, -0.1) is 0 Å². The van der Waals surface area contributed by atoms with Crippen molar-refractivity contribution in [1.82, 2.24) is 4.90 Å². The van der Waals surface area contributed by atoms with Gasteiger partial charge in [-0.3, -0.25) is 0 Å². The second kappa shape index (κ2) is 10.6. The quantitative estimate of drug-likeness (QED) is 0.514. The fourth-order valence-corrected chi connectivity index (χ4v) is 4.84. The molecule has 1 atom stereocenters. The number of hydrogen-bond donors (Lipinski definition) is 0. The average Bonchev–Trinajstić information content (AvgIpc) is 2.77. The normalized spacial score (nSPS) is 17.0. The summed E-state index contributed by atoms with van der Waals surface area (Å²) in [5.74, 6) is 0.145. The molecule has 1 fully saturated rings. The fraction of sp³-hybridized carbons (Fsp3) is 0.500. The van der Waals surface area contributed by atoms with E-state index in [9.17, 15) is 9.65 Å². The van der Waals surface area contributed by atoms with Crippen molar-refractivity contribution in [2.75, 3.05) is 20.1 Å². The molecule has 0 heterocycles. The van der Waals surface area contributed by atoms with E-state index < -0.39 is 5.41 Å². The molecule has 154 valence electrons. The molecule has 0 spiro atoms. The van der Waals surface area contributed by atoms with E-state index in [1.165, 1.54) is 37.0 Å². The monoisotopic (exact) mass is 392 g/mol. The van der Waals surface area contributed by atoms with Crippen LogP contribution in [0.25, 0.3) is 0 Å². The number of nitriles is 1. The molecule has 0 saturated heterocycles. The third-order valence-electron chi connectivity index (χ3n) is 6.60. The molecule has 1 unspecified atom stereocenters. The average molecular weight is 393 g/mol. The Labute approximate surface area is 175 Å².